The Morgan fingerprint density at radius 2 is 2.22 bits per heavy atom. The number of nitrogens with one attached hydrogen (secondary N) is 1. The molecule has 0 amide bonds. The molecule has 1 N–H and O–H groups in total. The molecule has 0 bridgehead atoms. The van der Waals surface area contributed by atoms with E-state index >= 15 is 0 Å². The number of hydrogen-bond donors (Lipinski definition) is 1. The molecule has 0 atom stereocenters. The van der Waals surface area contributed by atoms with Crippen molar-refractivity contribution in [2.45, 2.75) is 32.2 Å². The van der Waals surface area contributed by atoms with Crippen LogP contribution < -0.4 is 5.32 Å². The van der Waals surface area contributed by atoms with Crippen LogP contribution in [0.4, 0.5) is 5.82 Å². The minimum absolute atomic E-state index is 0.429. The van der Waals surface area contributed by atoms with Gasteiger partial charge in [0.1, 0.15) is 16.8 Å². The Labute approximate surface area is 109 Å². The Kier molecular flexibility index (Phi) is 2.87. The number of rotatable bonds is 4. The van der Waals surface area contributed by atoms with Crippen molar-refractivity contribution in [3.05, 3.63) is 28.8 Å². The predicted molar refractivity (Wildman–Crippen MR) is 65.4 cm³/mol. The van der Waals surface area contributed by atoms with Gasteiger partial charge in [-0.1, -0.05) is 16.8 Å². The number of hydrogen-bond acceptors (Lipinski definition) is 6. The molecule has 0 radical (unpaired) electrons. The third kappa shape index (κ3) is 2.59. The Balaban J connectivity index is 1.71. The van der Waals surface area contributed by atoms with Gasteiger partial charge in [-0.2, -0.15) is 4.98 Å². The molecule has 3 rings (SSSR count). The Morgan fingerprint density at radius 1 is 1.39 bits per heavy atom. The van der Waals surface area contributed by atoms with Crippen molar-refractivity contribution < 1.29 is 4.52 Å². The van der Waals surface area contributed by atoms with Gasteiger partial charge >= 0.3 is 0 Å². The lowest BCUT2D eigenvalue weighted by Gasteiger charge is -2.05. The van der Waals surface area contributed by atoms with Gasteiger partial charge < -0.3 is 9.84 Å². The van der Waals surface area contributed by atoms with Crippen molar-refractivity contribution in [2.75, 3.05) is 5.32 Å². The van der Waals surface area contributed by atoms with Gasteiger partial charge in [0.15, 0.2) is 5.82 Å². The molecular weight excluding hydrogens is 254 g/mol. The number of aryl methyl sites for hydroxylation is 1. The second kappa shape index (κ2) is 4.53. The largest absolute Gasteiger partial charge is 0.361 e. The molecule has 0 spiro atoms. The highest BCUT2D eigenvalue weighted by Gasteiger charge is 2.27. The van der Waals surface area contributed by atoms with Crippen molar-refractivity contribution in [3.63, 3.8) is 0 Å². The first kappa shape index (κ1) is 11.4. The molecule has 1 fully saturated rings. The lowest BCUT2D eigenvalue weighted by atomic mass is 10.4. The smallest absolute Gasteiger partial charge is 0.245 e. The van der Waals surface area contributed by atoms with Crippen molar-refractivity contribution in [3.8, 4) is 0 Å². The summed E-state index contributed by atoms with van der Waals surface area (Å²) in [5, 5.41) is 7.28. The number of nitrogens with zero attached hydrogens (tertiary/aromatic N) is 4. The van der Waals surface area contributed by atoms with Crippen LogP contribution in [-0.4, -0.2) is 20.1 Å². The van der Waals surface area contributed by atoms with E-state index in [1.807, 2.05) is 0 Å². The maximum atomic E-state index is 5.97. The molecule has 1 aliphatic rings. The summed E-state index contributed by atoms with van der Waals surface area (Å²) in [5.74, 6) is 3.11. The monoisotopic (exact) mass is 265 g/mol. The molecule has 6 nitrogen and oxygen atoms in total. The molecule has 1 saturated carbocycles. The summed E-state index contributed by atoms with van der Waals surface area (Å²) in [6.45, 7) is 2.21. The van der Waals surface area contributed by atoms with Gasteiger partial charge in [-0.05, 0) is 19.8 Å². The summed E-state index contributed by atoms with van der Waals surface area (Å²) < 4.78 is 5.01. The fourth-order valence-electron chi connectivity index (χ4n) is 1.63. The average Bonchev–Trinajstić information content (AvgIpc) is 3.10. The van der Waals surface area contributed by atoms with Crippen LogP contribution in [0.15, 0.2) is 10.6 Å². The van der Waals surface area contributed by atoms with Crippen molar-refractivity contribution in [1.82, 2.24) is 20.1 Å². The second-order valence-corrected chi connectivity index (χ2v) is 4.68. The van der Waals surface area contributed by atoms with Gasteiger partial charge in [-0.15, -0.1) is 0 Å². The summed E-state index contributed by atoms with van der Waals surface area (Å²) in [6, 6.07) is 1.69. The first-order valence-corrected chi connectivity index (χ1v) is 6.16. The van der Waals surface area contributed by atoms with Gasteiger partial charge in [-0.3, -0.25) is 0 Å². The van der Waals surface area contributed by atoms with Crippen LogP contribution in [0.5, 0.6) is 0 Å². The van der Waals surface area contributed by atoms with Crippen LogP contribution in [0.1, 0.15) is 36.3 Å². The summed E-state index contributed by atoms with van der Waals surface area (Å²) >= 11 is 5.97. The highest BCUT2D eigenvalue weighted by atomic mass is 35.5. The molecule has 0 aliphatic heterocycles. The molecule has 0 saturated heterocycles. The molecule has 18 heavy (non-hydrogen) atoms. The van der Waals surface area contributed by atoms with E-state index in [1.54, 1.807) is 13.0 Å². The van der Waals surface area contributed by atoms with E-state index in [4.69, 9.17) is 16.1 Å². The molecule has 2 aromatic heterocycles. The van der Waals surface area contributed by atoms with Crippen LogP contribution in [0, 0.1) is 6.92 Å². The van der Waals surface area contributed by atoms with E-state index < -0.39 is 0 Å². The first-order valence-electron chi connectivity index (χ1n) is 5.78. The first-order chi connectivity index (χ1) is 8.70. The van der Waals surface area contributed by atoms with E-state index in [9.17, 15) is 0 Å². The molecule has 0 unspecified atom stereocenters. The minimum Gasteiger partial charge on any atom is -0.361 e. The zero-order chi connectivity index (χ0) is 12.5. The van der Waals surface area contributed by atoms with Crippen LogP contribution in [-0.2, 0) is 6.54 Å². The lowest BCUT2D eigenvalue weighted by molar-refractivity contribution is 0.379. The van der Waals surface area contributed by atoms with Crippen LogP contribution in [0.3, 0.4) is 0 Å². The van der Waals surface area contributed by atoms with Gasteiger partial charge in [0.05, 0.1) is 6.54 Å². The normalized spacial score (nSPS) is 14.8. The van der Waals surface area contributed by atoms with E-state index in [2.05, 4.69) is 25.4 Å². The van der Waals surface area contributed by atoms with Gasteiger partial charge in [-0.25, -0.2) is 9.97 Å². The van der Waals surface area contributed by atoms with Crippen molar-refractivity contribution in [2.24, 2.45) is 0 Å². The Morgan fingerprint density at radius 3 is 2.89 bits per heavy atom. The number of halogens is 1. The third-order valence-electron chi connectivity index (χ3n) is 2.65. The molecule has 2 heterocycles. The van der Waals surface area contributed by atoms with Gasteiger partial charge in [0.2, 0.25) is 5.89 Å². The summed E-state index contributed by atoms with van der Waals surface area (Å²) in [7, 11) is 0. The molecular formula is C11H12ClN5O. The van der Waals surface area contributed by atoms with E-state index in [0.29, 0.717) is 35.1 Å². The van der Waals surface area contributed by atoms with Gasteiger partial charge in [0, 0.05) is 12.0 Å². The van der Waals surface area contributed by atoms with Crippen LogP contribution in [0.25, 0.3) is 0 Å². The fourth-order valence-corrected chi connectivity index (χ4v) is 1.82. The minimum atomic E-state index is 0.429. The summed E-state index contributed by atoms with van der Waals surface area (Å²) in [5.41, 5.74) is 0. The van der Waals surface area contributed by atoms with Crippen molar-refractivity contribution >= 4 is 17.4 Å². The summed E-state index contributed by atoms with van der Waals surface area (Å²) in [6.07, 6.45) is 2.28. The van der Waals surface area contributed by atoms with Crippen molar-refractivity contribution in [1.29, 1.82) is 0 Å². The fraction of sp³-hybridized carbons (Fsp3) is 0.455. The molecule has 2 aromatic rings. The van der Waals surface area contributed by atoms with Gasteiger partial charge in [0.25, 0.3) is 0 Å². The maximum Gasteiger partial charge on any atom is 0.245 e. The van der Waals surface area contributed by atoms with Crippen LogP contribution >= 0.6 is 11.6 Å². The molecule has 7 heteroatoms. The predicted octanol–water partition coefficient (Wildman–Crippen LogP) is 2.31. The van der Waals surface area contributed by atoms with E-state index in [0.717, 1.165) is 18.7 Å². The zero-order valence-electron chi connectivity index (χ0n) is 9.85. The van der Waals surface area contributed by atoms with E-state index in [1.165, 1.54) is 0 Å². The lowest BCUT2D eigenvalue weighted by Crippen LogP contribution is -2.04. The molecule has 94 valence electrons. The summed E-state index contributed by atoms with van der Waals surface area (Å²) in [4.78, 5) is 12.7. The highest BCUT2D eigenvalue weighted by Crippen LogP contribution is 2.38. The average molecular weight is 266 g/mol. The standard InChI is InChI=1S/C11H12ClN5O/c1-6-14-10(18-17-6)5-13-9-4-8(12)15-11(16-9)7-2-3-7/h4,7H,2-3,5H2,1H3,(H,13,15,16). The zero-order valence-corrected chi connectivity index (χ0v) is 10.6. The number of anilines is 1. The Hall–Kier alpha value is -1.69. The highest BCUT2D eigenvalue weighted by molar-refractivity contribution is 6.29. The molecule has 1 aliphatic carbocycles. The van der Waals surface area contributed by atoms with Crippen LogP contribution in [0.2, 0.25) is 5.15 Å². The molecule has 0 aromatic carbocycles. The SMILES string of the molecule is Cc1noc(CNc2cc(Cl)nc(C3CC3)n2)n1. The second-order valence-electron chi connectivity index (χ2n) is 4.30. The van der Waals surface area contributed by atoms with E-state index in [-0.39, 0.29) is 0 Å². The topological polar surface area (TPSA) is 76.7 Å². The Bertz CT molecular complexity index is 566. The maximum absolute atomic E-state index is 5.97. The quantitative estimate of drug-likeness (QED) is 0.855. The third-order valence-corrected chi connectivity index (χ3v) is 2.84. The number of aromatic nitrogens is 4.